The third-order valence-electron chi connectivity index (χ3n) is 2.36. The number of nitrogens with one attached hydrogen (secondary N) is 1. The Morgan fingerprint density at radius 2 is 2.54 bits per heavy atom. The van der Waals surface area contributed by atoms with Crippen molar-refractivity contribution in [1.29, 1.82) is 0 Å². The lowest BCUT2D eigenvalue weighted by molar-refractivity contribution is 0.112. The Labute approximate surface area is 77.2 Å². The summed E-state index contributed by atoms with van der Waals surface area (Å²) < 4.78 is 0. The molecule has 1 fully saturated rings. The molecular formula is C10H12N2O. The molecule has 1 N–H and O–H groups in total. The lowest BCUT2D eigenvalue weighted by atomic mass is 10.1. The van der Waals surface area contributed by atoms with E-state index in [1.165, 1.54) is 6.42 Å². The van der Waals surface area contributed by atoms with Gasteiger partial charge in [0.05, 0.1) is 5.69 Å². The van der Waals surface area contributed by atoms with Gasteiger partial charge < -0.3 is 5.32 Å². The Morgan fingerprint density at radius 3 is 3.23 bits per heavy atom. The Hall–Kier alpha value is -1.22. The maximum atomic E-state index is 10.5. The van der Waals surface area contributed by atoms with Gasteiger partial charge in [-0.05, 0) is 31.5 Å². The van der Waals surface area contributed by atoms with Crippen LogP contribution < -0.4 is 5.32 Å². The molecule has 68 valence electrons. The molecule has 13 heavy (non-hydrogen) atoms. The van der Waals surface area contributed by atoms with Crippen molar-refractivity contribution in [3.8, 4) is 0 Å². The van der Waals surface area contributed by atoms with Crippen molar-refractivity contribution in [2.24, 2.45) is 0 Å². The van der Waals surface area contributed by atoms with Gasteiger partial charge >= 0.3 is 0 Å². The first-order chi connectivity index (χ1) is 6.40. The van der Waals surface area contributed by atoms with Crippen LogP contribution in [0.3, 0.4) is 0 Å². The number of nitrogens with zero attached hydrogens (tertiary/aromatic N) is 1. The highest BCUT2D eigenvalue weighted by Crippen LogP contribution is 2.21. The maximum absolute atomic E-state index is 10.5. The second kappa shape index (κ2) is 3.66. The lowest BCUT2D eigenvalue weighted by Crippen LogP contribution is -2.14. The summed E-state index contributed by atoms with van der Waals surface area (Å²) in [6, 6.07) is 3.93. The Kier molecular flexibility index (Phi) is 2.36. The fourth-order valence-corrected chi connectivity index (χ4v) is 1.67. The highest BCUT2D eigenvalue weighted by molar-refractivity contribution is 5.74. The van der Waals surface area contributed by atoms with Crippen LogP contribution in [0.4, 0.5) is 0 Å². The van der Waals surface area contributed by atoms with Crippen LogP contribution in [-0.2, 0) is 0 Å². The van der Waals surface area contributed by atoms with Crippen LogP contribution in [0.1, 0.15) is 34.9 Å². The largest absolute Gasteiger partial charge is 0.309 e. The molecule has 1 aromatic rings. The number of hydrogen-bond acceptors (Lipinski definition) is 3. The SMILES string of the molecule is O=Cc1ccnc([C@@H]2CCCN2)c1. The number of pyridine rings is 1. The molecule has 1 aliphatic rings. The summed E-state index contributed by atoms with van der Waals surface area (Å²) in [5.41, 5.74) is 1.70. The number of carbonyl (C=O) groups is 1. The van der Waals surface area contributed by atoms with Crippen molar-refractivity contribution in [2.45, 2.75) is 18.9 Å². The molecule has 0 aliphatic carbocycles. The maximum Gasteiger partial charge on any atom is 0.150 e. The van der Waals surface area contributed by atoms with Gasteiger partial charge in [0.15, 0.2) is 0 Å². The monoisotopic (exact) mass is 176 g/mol. The van der Waals surface area contributed by atoms with E-state index in [1.807, 2.05) is 6.07 Å². The summed E-state index contributed by atoms with van der Waals surface area (Å²) in [6.07, 6.45) is 4.87. The molecule has 0 unspecified atom stereocenters. The van der Waals surface area contributed by atoms with E-state index in [4.69, 9.17) is 0 Å². The Balaban J connectivity index is 2.23. The van der Waals surface area contributed by atoms with Crippen molar-refractivity contribution in [2.75, 3.05) is 6.54 Å². The van der Waals surface area contributed by atoms with Gasteiger partial charge in [0, 0.05) is 17.8 Å². The first kappa shape index (κ1) is 8.38. The fraction of sp³-hybridized carbons (Fsp3) is 0.400. The van der Waals surface area contributed by atoms with Gasteiger partial charge in [0.2, 0.25) is 0 Å². The zero-order valence-electron chi connectivity index (χ0n) is 7.36. The van der Waals surface area contributed by atoms with Crippen molar-refractivity contribution < 1.29 is 4.79 Å². The van der Waals surface area contributed by atoms with Gasteiger partial charge in [-0.1, -0.05) is 0 Å². The highest BCUT2D eigenvalue weighted by Gasteiger charge is 2.17. The minimum atomic E-state index is 0.347. The minimum Gasteiger partial charge on any atom is -0.309 e. The Morgan fingerprint density at radius 1 is 1.62 bits per heavy atom. The molecule has 0 spiro atoms. The molecular weight excluding hydrogens is 164 g/mol. The van der Waals surface area contributed by atoms with Crippen LogP contribution in [0, 0.1) is 0 Å². The zero-order chi connectivity index (χ0) is 9.10. The van der Waals surface area contributed by atoms with Crippen LogP contribution in [0.5, 0.6) is 0 Å². The van der Waals surface area contributed by atoms with Crippen molar-refractivity contribution in [3.63, 3.8) is 0 Å². The van der Waals surface area contributed by atoms with Crippen LogP contribution in [0.2, 0.25) is 0 Å². The molecule has 3 heteroatoms. The van der Waals surface area contributed by atoms with Crippen LogP contribution in [0.25, 0.3) is 0 Å². The summed E-state index contributed by atoms with van der Waals surface area (Å²) in [5, 5.41) is 3.35. The number of aromatic nitrogens is 1. The smallest absolute Gasteiger partial charge is 0.150 e. The number of carbonyl (C=O) groups excluding carboxylic acids is 1. The van der Waals surface area contributed by atoms with E-state index in [0.29, 0.717) is 11.6 Å². The molecule has 3 nitrogen and oxygen atoms in total. The number of rotatable bonds is 2. The summed E-state index contributed by atoms with van der Waals surface area (Å²) in [5.74, 6) is 0. The van der Waals surface area contributed by atoms with Gasteiger partial charge in [-0.25, -0.2) is 0 Å². The van der Waals surface area contributed by atoms with Crippen LogP contribution >= 0.6 is 0 Å². The predicted octanol–water partition coefficient (Wildman–Crippen LogP) is 1.32. The molecule has 2 rings (SSSR count). The van der Waals surface area contributed by atoms with Crippen LogP contribution in [0.15, 0.2) is 18.3 Å². The topological polar surface area (TPSA) is 42.0 Å². The quantitative estimate of drug-likeness (QED) is 0.691. The second-order valence-corrected chi connectivity index (χ2v) is 3.28. The van der Waals surface area contributed by atoms with Crippen molar-refractivity contribution in [3.05, 3.63) is 29.6 Å². The number of aldehydes is 1. The molecule has 1 saturated heterocycles. The first-order valence-corrected chi connectivity index (χ1v) is 4.54. The van der Waals surface area contributed by atoms with Gasteiger partial charge in [-0.2, -0.15) is 0 Å². The third kappa shape index (κ3) is 1.75. The van der Waals surface area contributed by atoms with Gasteiger partial charge in [-0.15, -0.1) is 0 Å². The molecule has 1 aromatic heterocycles. The highest BCUT2D eigenvalue weighted by atomic mass is 16.1. The summed E-state index contributed by atoms with van der Waals surface area (Å²) in [7, 11) is 0. The average molecular weight is 176 g/mol. The molecule has 0 amide bonds. The minimum absolute atomic E-state index is 0.347. The van der Waals surface area contributed by atoms with Gasteiger partial charge in [0.1, 0.15) is 6.29 Å². The average Bonchev–Trinajstić information content (AvgIpc) is 2.71. The van der Waals surface area contributed by atoms with Gasteiger partial charge in [0.25, 0.3) is 0 Å². The van der Waals surface area contributed by atoms with Crippen molar-refractivity contribution >= 4 is 6.29 Å². The van der Waals surface area contributed by atoms with E-state index < -0.39 is 0 Å². The molecule has 2 heterocycles. The van der Waals surface area contributed by atoms with Gasteiger partial charge in [-0.3, -0.25) is 9.78 Å². The van der Waals surface area contributed by atoms with Crippen LogP contribution in [-0.4, -0.2) is 17.8 Å². The predicted molar refractivity (Wildman–Crippen MR) is 49.6 cm³/mol. The molecule has 1 aliphatic heterocycles. The summed E-state index contributed by atoms with van der Waals surface area (Å²) in [6.45, 7) is 1.05. The third-order valence-corrected chi connectivity index (χ3v) is 2.36. The number of hydrogen-bond donors (Lipinski definition) is 1. The molecule has 0 saturated carbocycles. The lowest BCUT2D eigenvalue weighted by Gasteiger charge is -2.08. The standard InChI is InChI=1S/C10H12N2O/c13-7-8-3-5-12-10(6-8)9-2-1-4-11-9/h3,5-7,9,11H,1-2,4H2/t9-/m0/s1. The van der Waals surface area contributed by atoms with E-state index in [1.54, 1.807) is 12.3 Å². The second-order valence-electron chi connectivity index (χ2n) is 3.28. The molecule has 0 bridgehead atoms. The summed E-state index contributed by atoms with van der Waals surface area (Å²) in [4.78, 5) is 14.8. The molecule has 0 radical (unpaired) electrons. The van der Waals surface area contributed by atoms with E-state index in [9.17, 15) is 4.79 Å². The normalized spacial score (nSPS) is 21.7. The molecule has 1 atom stereocenters. The zero-order valence-corrected chi connectivity index (χ0v) is 7.36. The van der Waals surface area contributed by atoms with E-state index >= 15 is 0 Å². The fourth-order valence-electron chi connectivity index (χ4n) is 1.67. The van der Waals surface area contributed by atoms with E-state index in [0.717, 1.165) is 24.9 Å². The van der Waals surface area contributed by atoms with E-state index in [-0.39, 0.29) is 0 Å². The van der Waals surface area contributed by atoms with Crippen molar-refractivity contribution in [1.82, 2.24) is 10.3 Å². The van der Waals surface area contributed by atoms with E-state index in [2.05, 4.69) is 10.3 Å². The summed E-state index contributed by atoms with van der Waals surface area (Å²) >= 11 is 0. The Bertz CT molecular complexity index is 306. The first-order valence-electron chi connectivity index (χ1n) is 4.54. The molecule has 0 aromatic carbocycles.